The highest BCUT2D eigenvalue weighted by Gasteiger charge is 2.12. The zero-order valence-corrected chi connectivity index (χ0v) is 9.66. The van der Waals surface area contributed by atoms with Crippen molar-refractivity contribution in [2.45, 2.75) is 31.1 Å². The quantitative estimate of drug-likeness (QED) is 0.582. The van der Waals surface area contributed by atoms with Crippen LogP contribution in [0.25, 0.3) is 0 Å². The number of aliphatic carboxylic acids is 1. The number of carboxylic acids is 1. The largest absolute Gasteiger partial charge is 0.480 e. The monoisotopic (exact) mass is 246 g/mol. The first-order valence-corrected chi connectivity index (χ1v) is 5.81. The Labute approximate surface area is 96.0 Å². The highest BCUT2D eigenvalue weighted by molar-refractivity contribution is 7.99. The molecule has 0 saturated heterocycles. The number of hydrogen-bond donors (Lipinski definition) is 3. The second-order valence-corrected chi connectivity index (χ2v) is 4.20. The average Bonchev–Trinajstić information content (AvgIpc) is 2.59. The van der Waals surface area contributed by atoms with E-state index < -0.39 is 12.0 Å². The Hall–Kier alpha value is -1.28. The smallest absolute Gasteiger partial charge is 0.343 e. The van der Waals surface area contributed by atoms with Crippen LogP contribution in [0.3, 0.4) is 0 Å². The van der Waals surface area contributed by atoms with Gasteiger partial charge < -0.3 is 10.8 Å². The number of nitrogens with one attached hydrogen (secondary N) is 1. The van der Waals surface area contributed by atoms with E-state index in [0.29, 0.717) is 23.9 Å². The summed E-state index contributed by atoms with van der Waals surface area (Å²) >= 11 is 1.32. The molecule has 4 N–H and O–H groups in total. The Bertz CT molecular complexity index is 414. The summed E-state index contributed by atoms with van der Waals surface area (Å²) in [6.45, 7) is 2.37. The van der Waals surface area contributed by atoms with E-state index in [1.54, 1.807) is 0 Å². The minimum Gasteiger partial charge on any atom is -0.480 e. The molecule has 0 fully saturated rings. The summed E-state index contributed by atoms with van der Waals surface area (Å²) < 4.78 is 1.48. The molecule has 0 bridgehead atoms. The lowest BCUT2D eigenvalue weighted by Gasteiger charge is -2.05. The van der Waals surface area contributed by atoms with Crippen molar-refractivity contribution >= 4 is 17.7 Å². The van der Waals surface area contributed by atoms with Gasteiger partial charge in [-0.1, -0.05) is 11.8 Å². The van der Waals surface area contributed by atoms with E-state index in [4.69, 9.17) is 10.8 Å². The van der Waals surface area contributed by atoms with Crippen LogP contribution in [0.15, 0.2) is 9.95 Å². The average molecular weight is 246 g/mol. The Morgan fingerprint density at radius 1 is 1.75 bits per heavy atom. The van der Waals surface area contributed by atoms with E-state index >= 15 is 0 Å². The first-order valence-electron chi connectivity index (χ1n) is 4.82. The Morgan fingerprint density at radius 3 is 3.00 bits per heavy atom. The van der Waals surface area contributed by atoms with Gasteiger partial charge in [0, 0.05) is 12.3 Å². The summed E-state index contributed by atoms with van der Waals surface area (Å²) in [7, 11) is 0. The topological polar surface area (TPSA) is 114 Å². The second kappa shape index (κ2) is 5.71. The number of nitrogens with zero attached hydrogens (tertiary/aromatic N) is 2. The molecule has 0 saturated carbocycles. The highest BCUT2D eigenvalue weighted by Crippen LogP contribution is 2.14. The fourth-order valence-corrected chi connectivity index (χ4v) is 2.13. The Balaban J connectivity index is 2.49. The van der Waals surface area contributed by atoms with Crippen LogP contribution in [0, 0.1) is 0 Å². The van der Waals surface area contributed by atoms with Gasteiger partial charge in [0.1, 0.15) is 6.04 Å². The molecule has 1 aromatic rings. The van der Waals surface area contributed by atoms with E-state index in [1.807, 2.05) is 6.92 Å². The minimum atomic E-state index is -1.02. The summed E-state index contributed by atoms with van der Waals surface area (Å²) in [6, 6.07) is -0.867. The van der Waals surface area contributed by atoms with Gasteiger partial charge in [-0.25, -0.2) is 9.89 Å². The van der Waals surface area contributed by atoms with Crippen molar-refractivity contribution in [3.8, 4) is 0 Å². The van der Waals surface area contributed by atoms with Crippen LogP contribution in [0.5, 0.6) is 0 Å². The second-order valence-electron chi connectivity index (χ2n) is 3.14. The SMILES string of the molecule is CCn1c(SCCC(N)C(=O)O)n[nH]c1=O. The summed E-state index contributed by atoms with van der Waals surface area (Å²) in [5, 5.41) is 15.3. The van der Waals surface area contributed by atoms with Gasteiger partial charge in [-0.2, -0.15) is 0 Å². The molecule has 1 heterocycles. The Morgan fingerprint density at radius 2 is 2.44 bits per heavy atom. The molecule has 0 spiro atoms. The molecule has 0 aliphatic heterocycles. The molecule has 1 unspecified atom stereocenters. The molecule has 90 valence electrons. The molecule has 16 heavy (non-hydrogen) atoms. The third-order valence-electron chi connectivity index (χ3n) is 2.02. The molecule has 7 nitrogen and oxygen atoms in total. The van der Waals surface area contributed by atoms with E-state index in [0.717, 1.165) is 0 Å². The summed E-state index contributed by atoms with van der Waals surface area (Å²) in [5.41, 5.74) is 5.09. The van der Waals surface area contributed by atoms with Gasteiger partial charge in [-0.05, 0) is 13.3 Å². The van der Waals surface area contributed by atoms with Gasteiger partial charge in [0.2, 0.25) is 0 Å². The summed E-state index contributed by atoms with van der Waals surface area (Å²) in [5.74, 6) is -0.506. The summed E-state index contributed by atoms with van der Waals surface area (Å²) in [4.78, 5) is 21.6. The predicted molar refractivity (Wildman–Crippen MR) is 59.5 cm³/mol. The summed E-state index contributed by atoms with van der Waals surface area (Å²) in [6.07, 6.45) is 0.338. The zero-order valence-electron chi connectivity index (χ0n) is 8.84. The molecule has 0 radical (unpaired) electrons. The number of hydrogen-bond acceptors (Lipinski definition) is 5. The van der Waals surface area contributed by atoms with Crippen LogP contribution in [-0.2, 0) is 11.3 Å². The van der Waals surface area contributed by atoms with E-state index in [1.165, 1.54) is 16.3 Å². The molecule has 1 atom stereocenters. The first kappa shape index (κ1) is 12.8. The number of rotatable bonds is 6. The molecule has 0 amide bonds. The molecule has 0 aromatic carbocycles. The predicted octanol–water partition coefficient (Wildman–Crippen LogP) is -0.515. The normalized spacial score (nSPS) is 12.6. The zero-order chi connectivity index (χ0) is 12.1. The van der Waals surface area contributed by atoms with Gasteiger partial charge in [0.25, 0.3) is 0 Å². The number of aromatic nitrogens is 3. The van der Waals surface area contributed by atoms with Gasteiger partial charge in [0.15, 0.2) is 5.16 Å². The van der Waals surface area contributed by atoms with E-state index in [9.17, 15) is 9.59 Å². The molecular weight excluding hydrogens is 232 g/mol. The lowest BCUT2D eigenvalue weighted by atomic mass is 10.2. The molecule has 1 rings (SSSR count). The van der Waals surface area contributed by atoms with Crippen LogP contribution in [0.1, 0.15) is 13.3 Å². The van der Waals surface area contributed by atoms with Crippen molar-refractivity contribution in [3.05, 3.63) is 10.5 Å². The maximum Gasteiger partial charge on any atom is 0.343 e. The first-order chi connectivity index (χ1) is 7.56. The van der Waals surface area contributed by atoms with E-state index in [-0.39, 0.29) is 5.69 Å². The number of carboxylic acid groups (broad SMARTS) is 1. The molecule has 0 aliphatic rings. The lowest BCUT2D eigenvalue weighted by molar-refractivity contribution is -0.138. The van der Waals surface area contributed by atoms with Gasteiger partial charge in [-0.3, -0.25) is 9.36 Å². The van der Waals surface area contributed by atoms with Crippen LogP contribution < -0.4 is 11.4 Å². The highest BCUT2D eigenvalue weighted by atomic mass is 32.2. The van der Waals surface area contributed by atoms with Crippen LogP contribution in [0.2, 0.25) is 0 Å². The van der Waals surface area contributed by atoms with E-state index in [2.05, 4.69) is 10.2 Å². The third kappa shape index (κ3) is 3.11. The van der Waals surface area contributed by atoms with Gasteiger partial charge in [-0.15, -0.1) is 5.10 Å². The van der Waals surface area contributed by atoms with Crippen LogP contribution in [0.4, 0.5) is 0 Å². The van der Waals surface area contributed by atoms with Crippen LogP contribution >= 0.6 is 11.8 Å². The molecule has 1 aromatic heterocycles. The standard InChI is InChI=1S/C8H14N4O3S/c1-2-12-7(15)10-11-8(12)16-4-3-5(9)6(13)14/h5H,2-4,9H2,1H3,(H,10,15)(H,13,14). The number of carbonyl (C=O) groups is 1. The molecule has 0 aliphatic carbocycles. The minimum absolute atomic E-state index is 0.257. The number of aromatic amines is 1. The fourth-order valence-electron chi connectivity index (χ4n) is 1.09. The number of nitrogens with two attached hydrogens (primary N) is 1. The maximum absolute atomic E-state index is 11.2. The number of H-pyrrole nitrogens is 1. The van der Waals surface area contributed by atoms with Crippen LogP contribution in [-0.4, -0.2) is 37.6 Å². The van der Waals surface area contributed by atoms with Crippen molar-refractivity contribution in [1.29, 1.82) is 0 Å². The molecular formula is C8H14N4O3S. The Kier molecular flexibility index (Phi) is 4.56. The van der Waals surface area contributed by atoms with Gasteiger partial charge >= 0.3 is 11.7 Å². The van der Waals surface area contributed by atoms with Crippen molar-refractivity contribution < 1.29 is 9.90 Å². The van der Waals surface area contributed by atoms with Gasteiger partial charge in [0.05, 0.1) is 0 Å². The molecule has 8 heteroatoms. The lowest BCUT2D eigenvalue weighted by Crippen LogP contribution is -2.30. The maximum atomic E-state index is 11.2. The van der Waals surface area contributed by atoms with Crippen molar-refractivity contribution in [2.24, 2.45) is 5.73 Å². The van der Waals surface area contributed by atoms with Crippen molar-refractivity contribution in [2.75, 3.05) is 5.75 Å². The fraction of sp³-hybridized carbons (Fsp3) is 0.625. The van der Waals surface area contributed by atoms with Crippen molar-refractivity contribution in [3.63, 3.8) is 0 Å². The third-order valence-corrected chi connectivity index (χ3v) is 3.03. The number of thioether (sulfide) groups is 1. The van der Waals surface area contributed by atoms with Crippen molar-refractivity contribution in [1.82, 2.24) is 14.8 Å².